The second-order valence-corrected chi connectivity index (χ2v) is 11.8. The molecule has 0 aromatic heterocycles. The van der Waals surface area contributed by atoms with Crippen LogP contribution in [0.5, 0.6) is 0 Å². The number of hydrogen-bond acceptors (Lipinski definition) is 4. The maximum atomic E-state index is 14.6. The van der Waals surface area contributed by atoms with Crippen LogP contribution in [0.4, 0.5) is 10.1 Å². The van der Waals surface area contributed by atoms with Gasteiger partial charge in [-0.3, -0.25) is 9.59 Å². The number of hydrogen-bond donors (Lipinski definition) is 1. The second kappa shape index (κ2) is 11.4. The Hall–Kier alpha value is -2.69. The van der Waals surface area contributed by atoms with Crippen LogP contribution in [-0.4, -0.2) is 61.7 Å². The van der Waals surface area contributed by atoms with Crippen molar-refractivity contribution in [3.8, 4) is 0 Å². The van der Waals surface area contributed by atoms with Crippen molar-refractivity contribution < 1.29 is 22.4 Å². The van der Waals surface area contributed by atoms with Crippen LogP contribution in [-0.2, 0) is 26.3 Å². The third kappa shape index (κ3) is 7.39. The Bertz CT molecular complexity index is 1170. The van der Waals surface area contributed by atoms with Crippen LogP contribution in [0, 0.1) is 5.82 Å². The predicted octanol–water partition coefficient (Wildman–Crippen LogP) is 3.42. The number of nitrogens with zero attached hydrogens (tertiary/aromatic N) is 3. The molecule has 2 rings (SSSR count). The summed E-state index contributed by atoms with van der Waals surface area (Å²) in [6.45, 7) is 6.19. The maximum absolute atomic E-state index is 14.6. The summed E-state index contributed by atoms with van der Waals surface area (Å²) in [5.74, 6) is -1.93. The van der Waals surface area contributed by atoms with Gasteiger partial charge in [0, 0.05) is 31.2 Å². The first-order valence-electron chi connectivity index (χ1n) is 10.9. The molecule has 0 bridgehead atoms. The van der Waals surface area contributed by atoms with E-state index in [-0.39, 0.29) is 12.2 Å². The number of carbonyl (C=O) groups is 2. The monoisotopic (exact) mass is 526 g/mol. The second-order valence-electron chi connectivity index (χ2n) is 9.28. The Morgan fingerprint density at radius 2 is 1.63 bits per heavy atom. The highest BCUT2D eigenvalue weighted by molar-refractivity contribution is 7.90. The molecule has 1 N–H and O–H groups in total. The molecule has 0 aliphatic carbocycles. The normalized spacial score (nSPS) is 12.8. The van der Waals surface area contributed by atoms with E-state index in [0.717, 1.165) is 10.4 Å². The molecule has 0 aliphatic heterocycles. The van der Waals surface area contributed by atoms with Crippen LogP contribution < -0.4 is 9.62 Å². The summed E-state index contributed by atoms with van der Waals surface area (Å²) in [5, 5.41) is 3.22. The van der Waals surface area contributed by atoms with Gasteiger partial charge in [-0.25, -0.2) is 8.70 Å². The van der Waals surface area contributed by atoms with Crippen molar-refractivity contribution in [1.29, 1.82) is 0 Å². The number of anilines is 1. The summed E-state index contributed by atoms with van der Waals surface area (Å²) in [7, 11) is -1.67. The number of benzene rings is 2. The first kappa shape index (κ1) is 28.5. The topological polar surface area (TPSA) is 90.0 Å². The van der Waals surface area contributed by atoms with Crippen molar-refractivity contribution in [3.63, 3.8) is 0 Å². The molecule has 0 saturated heterocycles. The van der Waals surface area contributed by atoms with E-state index in [0.29, 0.717) is 14.9 Å². The first-order valence-corrected chi connectivity index (χ1v) is 12.7. The summed E-state index contributed by atoms with van der Waals surface area (Å²) in [4.78, 5) is 27.8. The minimum Gasteiger partial charge on any atom is -0.350 e. The van der Waals surface area contributed by atoms with Crippen LogP contribution in [0.1, 0.15) is 33.3 Å². The van der Waals surface area contributed by atoms with Crippen LogP contribution in [0.3, 0.4) is 0 Å². The predicted molar refractivity (Wildman–Crippen MR) is 136 cm³/mol. The van der Waals surface area contributed by atoms with Crippen LogP contribution in [0.2, 0.25) is 5.02 Å². The highest BCUT2D eigenvalue weighted by Crippen LogP contribution is 2.24. The van der Waals surface area contributed by atoms with Gasteiger partial charge in [0.2, 0.25) is 11.8 Å². The lowest BCUT2D eigenvalue weighted by Gasteiger charge is -2.34. The number of para-hydroxylation sites is 1. The molecule has 0 heterocycles. The summed E-state index contributed by atoms with van der Waals surface area (Å²) in [6.07, 6.45) is 0. The van der Waals surface area contributed by atoms with E-state index >= 15 is 0 Å². The van der Waals surface area contributed by atoms with Crippen LogP contribution in [0.25, 0.3) is 0 Å². The smallest absolute Gasteiger partial charge is 0.304 e. The maximum Gasteiger partial charge on any atom is 0.304 e. The Kier molecular flexibility index (Phi) is 9.27. The summed E-state index contributed by atoms with van der Waals surface area (Å²) >= 11 is 6.30. The third-order valence-corrected chi connectivity index (χ3v) is 7.28. The van der Waals surface area contributed by atoms with E-state index in [1.807, 2.05) is 0 Å². The van der Waals surface area contributed by atoms with Crippen molar-refractivity contribution in [2.45, 2.75) is 45.8 Å². The van der Waals surface area contributed by atoms with Gasteiger partial charge in [0.1, 0.15) is 18.4 Å². The molecule has 2 aromatic rings. The molecule has 0 spiro atoms. The minimum absolute atomic E-state index is 0.0512. The van der Waals surface area contributed by atoms with E-state index in [1.165, 1.54) is 37.2 Å². The van der Waals surface area contributed by atoms with E-state index in [4.69, 9.17) is 11.6 Å². The van der Waals surface area contributed by atoms with Gasteiger partial charge >= 0.3 is 10.2 Å². The number of halogens is 2. The molecule has 1 atom stereocenters. The third-order valence-electron chi connectivity index (χ3n) is 5.10. The molecular formula is C24H32ClFN4O4S. The van der Waals surface area contributed by atoms with Crippen LogP contribution >= 0.6 is 11.6 Å². The molecule has 35 heavy (non-hydrogen) atoms. The van der Waals surface area contributed by atoms with Crippen molar-refractivity contribution in [1.82, 2.24) is 14.5 Å². The molecule has 2 aromatic carbocycles. The minimum atomic E-state index is -4.25. The summed E-state index contributed by atoms with van der Waals surface area (Å²) < 4.78 is 42.3. The van der Waals surface area contributed by atoms with E-state index in [9.17, 15) is 22.4 Å². The zero-order valence-electron chi connectivity index (χ0n) is 20.7. The molecule has 0 saturated carbocycles. The fourth-order valence-corrected chi connectivity index (χ4v) is 4.48. The Labute approximate surface area is 211 Å². The van der Waals surface area contributed by atoms with Gasteiger partial charge in [-0.2, -0.15) is 12.7 Å². The van der Waals surface area contributed by atoms with Gasteiger partial charge in [-0.15, -0.1) is 0 Å². The van der Waals surface area contributed by atoms with Gasteiger partial charge in [0.25, 0.3) is 0 Å². The van der Waals surface area contributed by atoms with Gasteiger partial charge in [0.05, 0.1) is 5.69 Å². The zero-order valence-corrected chi connectivity index (χ0v) is 22.3. The Morgan fingerprint density at radius 3 is 2.17 bits per heavy atom. The molecule has 0 aliphatic rings. The average molecular weight is 527 g/mol. The highest BCUT2D eigenvalue weighted by Gasteiger charge is 2.34. The summed E-state index contributed by atoms with van der Waals surface area (Å²) in [5.41, 5.74) is -0.261. The Morgan fingerprint density at radius 1 is 1.06 bits per heavy atom. The zero-order chi connectivity index (χ0) is 26.6. The molecule has 11 heteroatoms. The summed E-state index contributed by atoms with van der Waals surface area (Å²) in [6, 6.07) is 11.2. The standard InChI is InChI=1S/C24H32ClFN4O4S/c1-17(23(32)27-24(2,3)4)29(15-18-11-7-8-12-19(18)25)22(31)16-30(35(33,34)28(5)6)21-14-10-9-13-20(21)26/h7-14,17H,15-16H2,1-6H3,(H,27,32)/t17-/m0/s1. The van der Waals surface area contributed by atoms with Crippen molar-refractivity contribution >= 4 is 39.3 Å². The largest absolute Gasteiger partial charge is 0.350 e. The lowest BCUT2D eigenvalue weighted by Crippen LogP contribution is -2.55. The number of amides is 2. The number of rotatable bonds is 9. The van der Waals surface area contributed by atoms with Crippen LogP contribution in [0.15, 0.2) is 48.5 Å². The van der Waals surface area contributed by atoms with E-state index in [2.05, 4.69) is 5.32 Å². The SMILES string of the molecule is C[C@@H](C(=O)NC(C)(C)C)N(Cc1ccccc1Cl)C(=O)CN(c1ccccc1F)S(=O)(=O)N(C)C. The molecule has 192 valence electrons. The first-order chi connectivity index (χ1) is 16.1. The number of carbonyl (C=O) groups excluding carboxylic acids is 2. The molecule has 8 nitrogen and oxygen atoms in total. The van der Waals surface area contributed by atoms with Gasteiger partial charge in [0.15, 0.2) is 0 Å². The van der Waals surface area contributed by atoms with E-state index < -0.39 is 46.0 Å². The fraction of sp³-hybridized carbons (Fsp3) is 0.417. The lowest BCUT2D eigenvalue weighted by atomic mass is 10.1. The number of nitrogens with one attached hydrogen (secondary N) is 1. The Balaban J connectivity index is 2.50. The highest BCUT2D eigenvalue weighted by atomic mass is 35.5. The molecule has 0 fully saturated rings. The quantitative estimate of drug-likeness (QED) is 0.542. The molecule has 0 unspecified atom stereocenters. The van der Waals surface area contributed by atoms with Gasteiger partial charge < -0.3 is 10.2 Å². The van der Waals surface area contributed by atoms with Crippen molar-refractivity contribution in [2.24, 2.45) is 0 Å². The average Bonchev–Trinajstić information content (AvgIpc) is 2.75. The van der Waals surface area contributed by atoms with Crippen molar-refractivity contribution in [3.05, 3.63) is 64.9 Å². The van der Waals surface area contributed by atoms with Gasteiger partial charge in [-0.1, -0.05) is 41.9 Å². The van der Waals surface area contributed by atoms with E-state index in [1.54, 1.807) is 52.0 Å². The molecule has 0 radical (unpaired) electrons. The van der Waals surface area contributed by atoms with Gasteiger partial charge in [-0.05, 0) is 51.5 Å². The molecular weight excluding hydrogens is 495 g/mol. The fourth-order valence-electron chi connectivity index (χ4n) is 3.22. The van der Waals surface area contributed by atoms with Crippen molar-refractivity contribution in [2.75, 3.05) is 24.9 Å². The molecule has 2 amide bonds. The lowest BCUT2D eigenvalue weighted by molar-refractivity contribution is -0.140.